The van der Waals surface area contributed by atoms with Gasteiger partial charge in [-0.05, 0) is 48.0 Å². The van der Waals surface area contributed by atoms with Gasteiger partial charge in [-0.2, -0.15) is 0 Å². The highest BCUT2D eigenvalue weighted by molar-refractivity contribution is 8.18. The Labute approximate surface area is 160 Å². The molecule has 2 aromatic rings. The molecule has 0 saturated carbocycles. The fourth-order valence-corrected chi connectivity index (χ4v) is 3.45. The maximum Gasteiger partial charge on any atom is 0.290 e. The Kier molecular flexibility index (Phi) is 5.54. The number of nitrogens with one attached hydrogen (secondary N) is 1. The Bertz CT molecular complexity index is 910. The molecule has 3 rings (SSSR count). The van der Waals surface area contributed by atoms with Crippen molar-refractivity contribution in [3.05, 3.63) is 63.0 Å². The first kappa shape index (κ1) is 18.4. The molecule has 1 aliphatic rings. The number of ether oxygens (including phenoxy) is 2. The molecule has 1 N–H and O–H groups in total. The first-order valence-electron chi connectivity index (χ1n) is 7.77. The molecule has 1 heterocycles. The van der Waals surface area contributed by atoms with Crippen LogP contribution in [0.15, 0.2) is 41.3 Å². The second kappa shape index (κ2) is 7.85. The van der Waals surface area contributed by atoms with Gasteiger partial charge in [0.15, 0.2) is 11.5 Å². The molecule has 2 amide bonds. The second-order valence-electron chi connectivity index (χ2n) is 5.66. The van der Waals surface area contributed by atoms with Crippen LogP contribution >= 0.6 is 23.4 Å². The highest BCUT2D eigenvalue weighted by Gasteiger charge is 2.25. The number of hydrogen-bond donors (Lipinski definition) is 1. The quantitative estimate of drug-likeness (QED) is 0.759. The Morgan fingerprint density at radius 3 is 2.69 bits per heavy atom. The molecule has 0 aliphatic carbocycles. The van der Waals surface area contributed by atoms with E-state index in [2.05, 4.69) is 5.32 Å². The molecule has 0 aromatic heterocycles. The minimum absolute atomic E-state index is 0.307. The third-order valence-corrected chi connectivity index (χ3v) is 4.75. The van der Waals surface area contributed by atoms with Crippen LogP contribution in [0.3, 0.4) is 0 Å². The lowest BCUT2D eigenvalue weighted by Gasteiger charge is -2.14. The van der Waals surface area contributed by atoms with Gasteiger partial charge in [-0.15, -0.1) is 0 Å². The molecule has 5 nitrogen and oxygen atoms in total. The summed E-state index contributed by atoms with van der Waals surface area (Å²) >= 11 is 7.20. The molecule has 0 unspecified atom stereocenters. The average molecular weight is 390 g/mol. The first-order chi connectivity index (χ1) is 12.5. The van der Waals surface area contributed by atoms with Crippen molar-refractivity contribution < 1.29 is 19.1 Å². The third kappa shape index (κ3) is 4.20. The van der Waals surface area contributed by atoms with Gasteiger partial charge in [0.1, 0.15) is 6.61 Å². The van der Waals surface area contributed by atoms with Crippen molar-refractivity contribution >= 4 is 40.6 Å². The lowest BCUT2D eigenvalue weighted by molar-refractivity contribution is -0.115. The zero-order valence-corrected chi connectivity index (χ0v) is 15.7. The van der Waals surface area contributed by atoms with Gasteiger partial charge in [-0.3, -0.25) is 14.9 Å². The van der Waals surface area contributed by atoms with Crippen LogP contribution in [0, 0.1) is 6.92 Å². The summed E-state index contributed by atoms with van der Waals surface area (Å²) in [5.74, 6) is 0.457. The van der Waals surface area contributed by atoms with Crippen molar-refractivity contribution in [3.63, 3.8) is 0 Å². The largest absolute Gasteiger partial charge is 0.493 e. The van der Waals surface area contributed by atoms with Crippen LogP contribution in [0.1, 0.15) is 16.7 Å². The smallest absolute Gasteiger partial charge is 0.290 e. The molecular weight excluding hydrogens is 374 g/mol. The number of benzene rings is 2. The molecule has 1 saturated heterocycles. The lowest BCUT2D eigenvalue weighted by Crippen LogP contribution is -2.17. The SMILES string of the molecule is COc1cc(/C=C2\SC(=O)NC2=O)cc(Cl)c1OCc1cccc(C)c1. The van der Waals surface area contributed by atoms with Crippen molar-refractivity contribution in [1.82, 2.24) is 5.32 Å². The van der Waals surface area contributed by atoms with E-state index in [4.69, 9.17) is 21.1 Å². The number of rotatable bonds is 5. The highest BCUT2D eigenvalue weighted by Crippen LogP contribution is 2.38. The fraction of sp³-hybridized carbons (Fsp3) is 0.158. The number of amides is 2. The third-order valence-electron chi connectivity index (χ3n) is 3.66. The Balaban J connectivity index is 1.84. The number of aryl methyl sites for hydroxylation is 1. The minimum atomic E-state index is -0.421. The lowest BCUT2D eigenvalue weighted by atomic mass is 10.1. The fourth-order valence-electron chi connectivity index (χ4n) is 2.49. The van der Waals surface area contributed by atoms with Gasteiger partial charge in [0, 0.05) is 0 Å². The van der Waals surface area contributed by atoms with E-state index in [9.17, 15) is 9.59 Å². The van der Waals surface area contributed by atoms with E-state index in [1.807, 2.05) is 31.2 Å². The molecule has 7 heteroatoms. The van der Waals surface area contributed by atoms with E-state index in [1.165, 1.54) is 7.11 Å². The van der Waals surface area contributed by atoms with Crippen LogP contribution in [-0.2, 0) is 11.4 Å². The van der Waals surface area contributed by atoms with Crippen molar-refractivity contribution in [2.24, 2.45) is 0 Å². The van der Waals surface area contributed by atoms with E-state index in [1.54, 1.807) is 18.2 Å². The monoisotopic (exact) mass is 389 g/mol. The van der Waals surface area contributed by atoms with Gasteiger partial charge in [-0.25, -0.2) is 0 Å². The Morgan fingerprint density at radius 2 is 2.04 bits per heavy atom. The van der Waals surface area contributed by atoms with Crippen molar-refractivity contribution in [3.8, 4) is 11.5 Å². The summed E-state index contributed by atoms with van der Waals surface area (Å²) in [6, 6.07) is 11.4. The molecule has 1 aliphatic heterocycles. The molecule has 0 spiro atoms. The summed E-state index contributed by atoms with van der Waals surface area (Å²) in [7, 11) is 1.52. The summed E-state index contributed by atoms with van der Waals surface area (Å²) in [6.07, 6.45) is 1.59. The topological polar surface area (TPSA) is 64.6 Å². The van der Waals surface area contributed by atoms with Gasteiger partial charge in [0.05, 0.1) is 17.0 Å². The van der Waals surface area contributed by atoms with Crippen LogP contribution in [-0.4, -0.2) is 18.3 Å². The van der Waals surface area contributed by atoms with Crippen molar-refractivity contribution in [2.45, 2.75) is 13.5 Å². The van der Waals surface area contributed by atoms with E-state index >= 15 is 0 Å². The number of halogens is 1. The van der Waals surface area contributed by atoms with Crippen molar-refractivity contribution in [1.29, 1.82) is 0 Å². The average Bonchev–Trinajstić information content (AvgIpc) is 2.90. The zero-order chi connectivity index (χ0) is 18.7. The molecule has 1 fully saturated rings. The molecule has 2 aromatic carbocycles. The standard InChI is InChI=1S/C19H16ClNO4S/c1-11-4-3-5-12(6-11)10-25-17-14(20)7-13(8-15(17)24-2)9-16-18(22)21-19(23)26-16/h3-9H,10H2,1-2H3,(H,21,22,23)/b16-9-. The van der Waals surface area contributed by atoms with Gasteiger partial charge in [-0.1, -0.05) is 41.4 Å². The zero-order valence-electron chi connectivity index (χ0n) is 14.2. The number of thioether (sulfide) groups is 1. The molecule has 0 radical (unpaired) electrons. The summed E-state index contributed by atoms with van der Waals surface area (Å²) in [4.78, 5) is 23.2. The Morgan fingerprint density at radius 1 is 1.23 bits per heavy atom. The molecule has 26 heavy (non-hydrogen) atoms. The number of carbonyl (C=O) groups excluding carboxylic acids is 2. The van der Waals surface area contributed by atoms with Crippen LogP contribution in [0.4, 0.5) is 4.79 Å². The van der Waals surface area contributed by atoms with Gasteiger partial charge in [0.25, 0.3) is 11.1 Å². The molecule has 0 atom stereocenters. The molecular formula is C19H16ClNO4S. The number of methoxy groups -OCH3 is 1. The number of imide groups is 1. The predicted octanol–water partition coefficient (Wildman–Crippen LogP) is 4.56. The molecule has 134 valence electrons. The summed E-state index contributed by atoms with van der Waals surface area (Å²) in [6.45, 7) is 2.37. The van der Waals surface area contributed by atoms with E-state index in [0.717, 1.165) is 22.9 Å². The van der Waals surface area contributed by atoms with Crippen LogP contribution in [0.5, 0.6) is 11.5 Å². The first-order valence-corrected chi connectivity index (χ1v) is 8.96. The van der Waals surface area contributed by atoms with Crippen molar-refractivity contribution in [2.75, 3.05) is 7.11 Å². The summed E-state index contributed by atoms with van der Waals surface area (Å²) in [5, 5.41) is 2.18. The summed E-state index contributed by atoms with van der Waals surface area (Å²) in [5.41, 5.74) is 2.81. The Hall–Kier alpha value is -2.44. The van der Waals surface area contributed by atoms with Gasteiger partial charge in [0.2, 0.25) is 0 Å². The van der Waals surface area contributed by atoms with Crippen LogP contribution in [0.25, 0.3) is 6.08 Å². The van der Waals surface area contributed by atoms with Crippen LogP contribution in [0.2, 0.25) is 5.02 Å². The van der Waals surface area contributed by atoms with E-state index < -0.39 is 11.1 Å². The van der Waals surface area contributed by atoms with Gasteiger partial charge >= 0.3 is 0 Å². The normalized spacial score (nSPS) is 15.3. The second-order valence-corrected chi connectivity index (χ2v) is 7.09. The van der Waals surface area contributed by atoms with Gasteiger partial charge < -0.3 is 9.47 Å². The number of carbonyl (C=O) groups is 2. The predicted molar refractivity (Wildman–Crippen MR) is 103 cm³/mol. The van der Waals surface area contributed by atoms with E-state index in [-0.39, 0.29) is 0 Å². The number of hydrogen-bond acceptors (Lipinski definition) is 5. The highest BCUT2D eigenvalue weighted by atomic mass is 35.5. The maximum absolute atomic E-state index is 11.7. The van der Waals surface area contributed by atoms with Crippen LogP contribution < -0.4 is 14.8 Å². The van der Waals surface area contributed by atoms with E-state index in [0.29, 0.717) is 33.6 Å². The minimum Gasteiger partial charge on any atom is -0.493 e. The molecule has 0 bridgehead atoms. The maximum atomic E-state index is 11.7. The summed E-state index contributed by atoms with van der Waals surface area (Å²) < 4.78 is 11.2.